The maximum Gasteiger partial charge on any atom is 0.0302 e. The van der Waals surface area contributed by atoms with Crippen LogP contribution in [0.5, 0.6) is 0 Å². The average molecular weight is 269 g/mol. The molecule has 0 unspecified atom stereocenters. The molecule has 1 aliphatic rings. The Labute approximate surface area is 119 Å². The van der Waals surface area contributed by atoms with E-state index in [9.17, 15) is 0 Å². The van der Waals surface area contributed by atoms with Crippen LogP contribution in [0.4, 0.5) is 0 Å². The van der Waals surface area contributed by atoms with Crippen LogP contribution in [-0.4, -0.2) is 6.54 Å². The minimum absolute atomic E-state index is 0.928. The van der Waals surface area contributed by atoms with Gasteiger partial charge in [-0.1, -0.05) is 42.5 Å². The predicted molar refractivity (Wildman–Crippen MR) is 83.5 cm³/mol. The van der Waals surface area contributed by atoms with E-state index < -0.39 is 0 Å². The third-order valence-corrected chi connectivity index (χ3v) is 4.71. The van der Waals surface area contributed by atoms with Crippen molar-refractivity contribution < 1.29 is 0 Å². The molecule has 0 saturated heterocycles. The summed E-state index contributed by atoms with van der Waals surface area (Å²) in [6, 6.07) is 12.8. The van der Waals surface area contributed by atoms with E-state index in [1.165, 1.54) is 29.7 Å². The van der Waals surface area contributed by atoms with Gasteiger partial charge in [-0.05, 0) is 36.5 Å². The highest BCUT2D eigenvalue weighted by Gasteiger charge is 2.13. The first-order valence-corrected chi connectivity index (χ1v) is 7.76. The Morgan fingerprint density at radius 2 is 2.05 bits per heavy atom. The molecule has 98 valence electrons. The van der Waals surface area contributed by atoms with E-state index >= 15 is 0 Å². The molecule has 19 heavy (non-hydrogen) atoms. The van der Waals surface area contributed by atoms with Crippen molar-refractivity contribution in [1.29, 1.82) is 0 Å². The molecule has 1 heterocycles. The van der Waals surface area contributed by atoms with E-state index in [-0.39, 0.29) is 0 Å². The van der Waals surface area contributed by atoms with E-state index in [0.29, 0.717) is 0 Å². The van der Waals surface area contributed by atoms with Crippen molar-refractivity contribution in [3.8, 4) is 0 Å². The van der Waals surface area contributed by atoms with Crippen molar-refractivity contribution in [2.75, 3.05) is 6.54 Å². The van der Waals surface area contributed by atoms with Crippen LogP contribution in [0.25, 0.3) is 6.08 Å². The minimum Gasteiger partial charge on any atom is -0.308 e. The molecule has 2 heteroatoms. The predicted octanol–water partition coefficient (Wildman–Crippen LogP) is 4.04. The third-order valence-electron chi connectivity index (χ3n) is 3.47. The SMILES string of the molecule is C(=Cc1ccccc1)CNCc1cc2c(s1)CCC2. The molecule has 0 saturated carbocycles. The van der Waals surface area contributed by atoms with Gasteiger partial charge in [0.25, 0.3) is 0 Å². The Bertz CT molecular complexity index is 532. The van der Waals surface area contributed by atoms with Gasteiger partial charge < -0.3 is 5.32 Å². The first kappa shape index (κ1) is 12.6. The lowest BCUT2D eigenvalue weighted by Crippen LogP contribution is -2.11. The van der Waals surface area contributed by atoms with E-state index in [1.54, 1.807) is 10.4 Å². The van der Waals surface area contributed by atoms with Gasteiger partial charge in [-0.2, -0.15) is 0 Å². The summed E-state index contributed by atoms with van der Waals surface area (Å²) in [6.45, 7) is 1.92. The topological polar surface area (TPSA) is 12.0 Å². The molecule has 3 rings (SSSR count). The normalized spacial score (nSPS) is 14.1. The number of benzene rings is 1. The molecule has 0 bridgehead atoms. The van der Waals surface area contributed by atoms with E-state index in [1.807, 2.05) is 17.4 Å². The molecule has 0 amide bonds. The molecular weight excluding hydrogens is 250 g/mol. The fourth-order valence-corrected chi connectivity index (χ4v) is 3.75. The Balaban J connectivity index is 1.44. The second-order valence-corrected chi connectivity index (χ2v) is 6.18. The standard InChI is InChI=1S/C17H19NS/c1-2-6-14(7-3-1)8-5-11-18-13-16-12-15-9-4-10-17(15)19-16/h1-3,5-8,12,18H,4,9-11,13H2. The molecular formula is C17H19NS. The average Bonchev–Trinajstić information content (AvgIpc) is 3.00. The lowest BCUT2D eigenvalue weighted by molar-refractivity contribution is 0.770. The lowest BCUT2D eigenvalue weighted by Gasteiger charge is -1.98. The van der Waals surface area contributed by atoms with Crippen molar-refractivity contribution in [2.24, 2.45) is 0 Å². The van der Waals surface area contributed by atoms with Gasteiger partial charge in [0.15, 0.2) is 0 Å². The summed E-state index contributed by atoms with van der Waals surface area (Å²) in [5, 5.41) is 3.48. The van der Waals surface area contributed by atoms with Crippen LogP contribution in [0.15, 0.2) is 42.5 Å². The maximum atomic E-state index is 3.48. The van der Waals surface area contributed by atoms with Crippen molar-refractivity contribution in [1.82, 2.24) is 5.32 Å². The van der Waals surface area contributed by atoms with Gasteiger partial charge in [-0.25, -0.2) is 0 Å². The molecule has 1 aromatic carbocycles. The zero-order chi connectivity index (χ0) is 12.9. The summed E-state index contributed by atoms with van der Waals surface area (Å²) in [5.74, 6) is 0. The zero-order valence-corrected chi connectivity index (χ0v) is 11.9. The smallest absolute Gasteiger partial charge is 0.0302 e. The number of thiophene rings is 1. The maximum absolute atomic E-state index is 3.48. The highest BCUT2D eigenvalue weighted by atomic mass is 32.1. The fraction of sp³-hybridized carbons (Fsp3) is 0.294. The Hall–Kier alpha value is -1.38. The minimum atomic E-state index is 0.928. The molecule has 0 fully saturated rings. The number of fused-ring (bicyclic) bond motifs is 1. The van der Waals surface area contributed by atoms with Gasteiger partial charge in [0.05, 0.1) is 0 Å². The second kappa shape index (κ2) is 6.18. The van der Waals surface area contributed by atoms with Crippen LogP contribution < -0.4 is 5.32 Å². The Kier molecular flexibility index (Phi) is 4.11. The van der Waals surface area contributed by atoms with Gasteiger partial charge in [0.1, 0.15) is 0 Å². The van der Waals surface area contributed by atoms with Crippen LogP contribution in [0.3, 0.4) is 0 Å². The largest absolute Gasteiger partial charge is 0.308 e. The van der Waals surface area contributed by atoms with E-state index in [2.05, 4.69) is 47.8 Å². The molecule has 0 radical (unpaired) electrons. The van der Waals surface area contributed by atoms with Crippen molar-refractivity contribution in [2.45, 2.75) is 25.8 Å². The number of aryl methyl sites for hydroxylation is 2. The molecule has 2 aromatic rings. The number of hydrogen-bond donors (Lipinski definition) is 1. The Morgan fingerprint density at radius 1 is 1.16 bits per heavy atom. The van der Waals surface area contributed by atoms with Crippen molar-refractivity contribution in [3.05, 3.63) is 63.4 Å². The third kappa shape index (κ3) is 3.34. The monoisotopic (exact) mass is 269 g/mol. The van der Waals surface area contributed by atoms with Crippen LogP contribution in [0, 0.1) is 0 Å². The molecule has 1 aromatic heterocycles. The number of rotatable bonds is 5. The van der Waals surface area contributed by atoms with E-state index in [0.717, 1.165) is 13.1 Å². The molecule has 1 aliphatic carbocycles. The van der Waals surface area contributed by atoms with Crippen molar-refractivity contribution >= 4 is 17.4 Å². The first-order valence-electron chi connectivity index (χ1n) is 6.94. The highest BCUT2D eigenvalue weighted by Crippen LogP contribution is 2.30. The first-order chi connectivity index (χ1) is 9.42. The number of nitrogens with one attached hydrogen (secondary N) is 1. The summed E-state index contributed by atoms with van der Waals surface area (Å²) in [7, 11) is 0. The fourth-order valence-electron chi connectivity index (χ4n) is 2.52. The lowest BCUT2D eigenvalue weighted by atomic mass is 10.2. The van der Waals surface area contributed by atoms with Gasteiger partial charge in [0.2, 0.25) is 0 Å². The molecule has 1 nitrogen and oxygen atoms in total. The molecule has 0 atom stereocenters. The van der Waals surface area contributed by atoms with Crippen LogP contribution in [-0.2, 0) is 19.4 Å². The van der Waals surface area contributed by atoms with Gasteiger partial charge in [0, 0.05) is 22.8 Å². The highest BCUT2D eigenvalue weighted by molar-refractivity contribution is 7.12. The van der Waals surface area contributed by atoms with Gasteiger partial charge in [-0.15, -0.1) is 11.3 Å². The van der Waals surface area contributed by atoms with Crippen LogP contribution in [0.1, 0.15) is 27.3 Å². The molecule has 0 aliphatic heterocycles. The van der Waals surface area contributed by atoms with Gasteiger partial charge in [-0.3, -0.25) is 0 Å². The summed E-state index contributed by atoms with van der Waals surface area (Å²) in [6.07, 6.45) is 8.31. The molecule has 0 spiro atoms. The summed E-state index contributed by atoms with van der Waals surface area (Å²) >= 11 is 1.99. The Morgan fingerprint density at radius 3 is 2.89 bits per heavy atom. The number of hydrogen-bond acceptors (Lipinski definition) is 2. The quantitative estimate of drug-likeness (QED) is 0.808. The van der Waals surface area contributed by atoms with E-state index in [4.69, 9.17) is 0 Å². The van der Waals surface area contributed by atoms with Crippen LogP contribution in [0.2, 0.25) is 0 Å². The van der Waals surface area contributed by atoms with Crippen molar-refractivity contribution in [3.63, 3.8) is 0 Å². The zero-order valence-electron chi connectivity index (χ0n) is 11.1. The van der Waals surface area contributed by atoms with Gasteiger partial charge >= 0.3 is 0 Å². The summed E-state index contributed by atoms with van der Waals surface area (Å²) in [4.78, 5) is 3.11. The summed E-state index contributed by atoms with van der Waals surface area (Å²) < 4.78 is 0. The van der Waals surface area contributed by atoms with Crippen LogP contribution >= 0.6 is 11.3 Å². The molecule has 1 N–H and O–H groups in total. The summed E-state index contributed by atoms with van der Waals surface area (Å²) in [5.41, 5.74) is 2.86. The second-order valence-electron chi connectivity index (χ2n) is 4.96.